The van der Waals surface area contributed by atoms with E-state index in [1.54, 1.807) is 0 Å². The molecule has 0 fully saturated rings. The number of alkyl halides is 3. The Morgan fingerprint density at radius 1 is 0.750 bits per heavy atom. The van der Waals surface area contributed by atoms with E-state index >= 15 is 0 Å². The fourth-order valence-corrected chi connectivity index (χ4v) is 2.66. The van der Waals surface area contributed by atoms with E-state index in [0.29, 0.717) is 29.7 Å². The Kier molecular flexibility index (Phi) is 18.9. The molecule has 32 heavy (non-hydrogen) atoms. The summed E-state index contributed by atoms with van der Waals surface area (Å²) >= 11 is 16.2. The van der Waals surface area contributed by atoms with Gasteiger partial charge in [-0.05, 0) is 52.9 Å². The lowest BCUT2D eigenvalue weighted by atomic mass is 10.1. The molecule has 2 aromatic rings. The molecule has 0 aromatic heterocycles. The van der Waals surface area contributed by atoms with Crippen LogP contribution in [0.1, 0.15) is 49.9 Å². The van der Waals surface area contributed by atoms with Crippen molar-refractivity contribution in [1.82, 2.24) is 4.90 Å². The Labute approximate surface area is 218 Å². The van der Waals surface area contributed by atoms with Crippen molar-refractivity contribution in [1.29, 1.82) is 0 Å². The molecule has 2 rings (SSSR count). The number of halogens is 4. The molecular formula is C26H43Cl4N2+. The first-order valence-electron chi connectivity index (χ1n) is 10.8. The van der Waals surface area contributed by atoms with Crippen molar-refractivity contribution >= 4 is 23.2 Å². The molecule has 0 aliphatic carbocycles. The van der Waals surface area contributed by atoms with E-state index in [2.05, 4.69) is 85.1 Å². The van der Waals surface area contributed by atoms with Crippen molar-refractivity contribution in [2.24, 2.45) is 0 Å². The van der Waals surface area contributed by atoms with Crippen molar-refractivity contribution in [3.63, 3.8) is 0 Å². The van der Waals surface area contributed by atoms with Crippen LogP contribution in [-0.2, 0) is 24.2 Å². The second kappa shape index (κ2) is 17.9. The highest BCUT2D eigenvalue weighted by Crippen LogP contribution is 2.15. The summed E-state index contributed by atoms with van der Waals surface area (Å²) in [7, 11) is 8.68. The van der Waals surface area contributed by atoms with Crippen LogP contribution in [0, 0.1) is 11.6 Å². The van der Waals surface area contributed by atoms with E-state index < -0.39 is 0 Å². The average Bonchev–Trinajstić information content (AvgIpc) is 2.74. The Morgan fingerprint density at radius 2 is 1.06 bits per heavy atom. The van der Waals surface area contributed by atoms with Crippen molar-refractivity contribution in [2.45, 2.75) is 64.0 Å². The van der Waals surface area contributed by atoms with Gasteiger partial charge in [0.15, 0.2) is 5.88 Å². The molecule has 0 atom stereocenters. The highest BCUT2D eigenvalue weighted by Gasteiger charge is 2.19. The van der Waals surface area contributed by atoms with Gasteiger partial charge in [-0.1, -0.05) is 48.5 Å². The van der Waals surface area contributed by atoms with E-state index in [1.807, 2.05) is 24.3 Å². The van der Waals surface area contributed by atoms with Gasteiger partial charge < -0.3 is 21.8 Å². The van der Waals surface area contributed by atoms with Gasteiger partial charge >= 0.3 is 0 Å². The van der Waals surface area contributed by atoms with Crippen molar-refractivity contribution in [2.75, 3.05) is 28.2 Å². The first-order valence-corrected chi connectivity index (χ1v) is 12.5. The minimum absolute atomic E-state index is 0. The van der Waals surface area contributed by atoms with Gasteiger partial charge in [-0.25, -0.2) is 0 Å². The molecule has 6 heteroatoms. The van der Waals surface area contributed by atoms with Gasteiger partial charge in [0.05, 0.1) is 20.1 Å². The van der Waals surface area contributed by atoms with Gasteiger partial charge in [0, 0.05) is 28.9 Å². The summed E-state index contributed by atoms with van der Waals surface area (Å²) in [6.07, 6.45) is 0. The van der Waals surface area contributed by atoms with Crippen LogP contribution in [0.2, 0.25) is 0 Å². The van der Waals surface area contributed by atoms with Crippen molar-refractivity contribution < 1.29 is 28.5 Å². The Balaban J connectivity index is 0. The molecule has 0 aliphatic rings. The fourth-order valence-electron chi connectivity index (χ4n) is 2.11. The smallest absolute Gasteiger partial charge is 0.195 e. The zero-order valence-corrected chi connectivity index (χ0v) is 24.1. The second-order valence-electron chi connectivity index (χ2n) is 9.13. The highest BCUT2D eigenvalue weighted by molar-refractivity contribution is 6.17. The third-order valence-electron chi connectivity index (χ3n) is 5.54. The van der Waals surface area contributed by atoms with Crippen molar-refractivity contribution in [3.05, 3.63) is 70.8 Å². The van der Waals surface area contributed by atoms with Gasteiger partial charge in [-0.2, -0.15) is 0 Å². The Hall–Kier alpha value is -0.480. The predicted molar refractivity (Wildman–Crippen MR) is 137 cm³/mol. The summed E-state index contributed by atoms with van der Waals surface area (Å²) in [4.78, 5) is 2.17. The van der Waals surface area contributed by atoms with Gasteiger partial charge in [0.1, 0.15) is 18.1 Å². The summed E-state index contributed by atoms with van der Waals surface area (Å²) in [5, 5.41) is 0. The van der Waals surface area contributed by atoms with Crippen LogP contribution in [0.15, 0.2) is 48.5 Å². The number of hydrogen-bond acceptors (Lipinski definition) is 1. The van der Waals surface area contributed by atoms with E-state index in [0.717, 1.165) is 16.6 Å². The number of nitrogens with zero attached hydrogens (tertiary/aromatic N) is 2. The average molecular weight is 525 g/mol. The summed E-state index contributed by atoms with van der Waals surface area (Å²) in [6, 6.07) is 18.0. The maximum absolute atomic E-state index is 5.76. The molecule has 0 radical (unpaired) electrons. The molecule has 184 valence electrons. The van der Waals surface area contributed by atoms with Crippen LogP contribution in [0.25, 0.3) is 0 Å². The molecule has 0 saturated carbocycles. The van der Waals surface area contributed by atoms with E-state index in [-0.39, 0.29) is 12.4 Å². The van der Waals surface area contributed by atoms with Gasteiger partial charge in [0.25, 0.3) is 0 Å². The molecule has 0 unspecified atom stereocenters. The first kappa shape index (κ1) is 33.7. The van der Waals surface area contributed by atoms with E-state index in [1.165, 1.54) is 16.7 Å². The minimum atomic E-state index is 0. The first-order chi connectivity index (χ1) is 14.5. The lowest BCUT2D eigenvalue weighted by Gasteiger charge is -2.34. The topological polar surface area (TPSA) is 3.24 Å². The van der Waals surface area contributed by atoms with E-state index in [9.17, 15) is 0 Å². The van der Waals surface area contributed by atoms with E-state index in [4.69, 9.17) is 34.8 Å². The lowest BCUT2D eigenvalue weighted by Crippen LogP contribution is -3.00. The molecule has 0 bridgehead atoms. The molecule has 0 spiro atoms. The lowest BCUT2D eigenvalue weighted by molar-refractivity contribution is -0.924. The Morgan fingerprint density at radius 3 is 1.31 bits per heavy atom. The van der Waals surface area contributed by atoms with Crippen LogP contribution in [0.5, 0.6) is 0 Å². The third kappa shape index (κ3) is 14.6. The fraction of sp³-hybridized carbons (Fsp3) is 0.538. The molecule has 0 N–H and O–H groups in total. The number of quaternary nitrogens is 1. The van der Waals surface area contributed by atoms with Gasteiger partial charge in [0.2, 0.25) is 0 Å². The molecule has 2 aromatic carbocycles. The summed E-state index contributed by atoms with van der Waals surface area (Å²) < 4.78 is 1.01. The maximum atomic E-state index is 5.76. The highest BCUT2D eigenvalue weighted by atomic mass is 35.5. The number of benzene rings is 2. The molecule has 0 heterocycles. The predicted octanol–water partition coefficient (Wildman–Crippen LogP) is 3.58. The molecule has 0 saturated heterocycles. The zero-order valence-electron chi connectivity index (χ0n) is 21.0. The Bertz CT molecular complexity index is 668. The number of rotatable bonds is 7. The zero-order chi connectivity index (χ0) is 24.0. The largest absolute Gasteiger partial charge is 1.00 e. The van der Waals surface area contributed by atoms with Crippen LogP contribution >= 0.6 is 23.2 Å². The maximum Gasteiger partial charge on any atom is 0.195 e. The summed E-state index contributed by atoms with van der Waals surface area (Å²) in [5.41, 5.74) is 4.90. The van der Waals surface area contributed by atoms with Crippen LogP contribution < -0.4 is 12.4 Å². The van der Waals surface area contributed by atoms with Crippen LogP contribution in [-0.4, -0.2) is 49.7 Å². The SMILES string of the molecule is CC(C)N(C)C.CC(C)[N+](C)(C)Cc1ccc(CCl)cc1.ClCc1ccc(C[ClH+])cc1.[Cl-]. The second-order valence-corrected chi connectivity index (χ2v) is 9.96. The molecule has 2 nitrogen and oxygen atoms in total. The molecule has 0 amide bonds. The van der Waals surface area contributed by atoms with Gasteiger partial charge in [-0.15, -0.1) is 23.2 Å². The molecular weight excluding hydrogens is 482 g/mol. The minimum Gasteiger partial charge on any atom is -1.00 e. The summed E-state index contributed by atoms with van der Waals surface area (Å²) in [5.74, 6) is 1.86. The monoisotopic (exact) mass is 523 g/mol. The van der Waals surface area contributed by atoms with Gasteiger partial charge in [-0.3, -0.25) is 0 Å². The summed E-state index contributed by atoms with van der Waals surface area (Å²) in [6.45, 7) is 9.92. The normalized spacial score (nSPS) is 10.8. The standard InChI is InChI=1S/C13H21ClN.C8H9Cl2.C5H13N.ClH/c1-11(2)15(3,4)10-13-7-5-12(9-14)6-8-13;9-5-7-1-2-8(6-10)4-3-7;1-5(2)6(3)4;/h5-8,11H,9-10H2,1-4H3;1-4,9H,5-6H2;5H,1-4H3;1H/q2*+1;;/p-1. The van der Waals surface area contributed by atoms with Crippen LogP contribution in [0.4, 0.5) is 0 Å². The van der Waals surface area contributed by atoms with Crippen LogP contribution in [0.3, 0.4) is 0 Å². The van der Waals surface area contributed by atoms with Crippen molar-refractivity contribution in [3.8, 4) is 0 Å². The number of hydrogen-bond donors (Lipinski definition) is 0. The quantitative estimate of drug-likeness (QED) is 0.395. The third-order valence-corrected chi connectivity index (χ3v) is 6.49. The molecule has 0 aliphatic heterocycles.